The van der Waals surface area contributed by atoms with Gasteiger partial charge in [-0.2, -0.15) is 0 Å². The Balaban J connectivity index is 2.92. The lowest BCUT2D eigenvalue weighted by atomic mass is 10.2. The Bertz CT molecular complexity index is 282. The summed E-state index contributed by atoms with van der Waals surface area (Å²) in [5, 5.41) is 0. The maximum absolute atomic E-state index is 5.15. The summed E-state index contributed by atoms with van der Waals surface area (Å²) in [5.74, 6) is 0.909. The number of methoxy groups -OCH3 is 1. The number of hydrogen-bond acceptors (Lipinski definition) is 2. The second kappa shape index (κ2) is 5.06. The van der Waals surface area contributed by atoms with E-state index in [1.165, 1.54) is 5.69 Å². The molecule has 0 aliphatic carbocycles. The van der Waals surface area contributed by atoms with E-state index in [1.54, 1.807) is 7.11 Å². The molecule has 0 saturated carbocycles. The van der Waals surface area contributed by atoms with Gasteiger partial charge in [-0.25, -0.2) is 0 Å². The van der Waals surface area contributed by atoms with Crippen molar-refractivity contribution in [1.82, 2.24) is 0 Å². The average molecular weight is 207 g/mol. The van der Waals surface area contributed by atoms with Crippen LogP contribution in [-0.2, 0) is 0 Å². The minimum absolute atomic E-state index is 0.512. The molecule has 0 radical (unpaired) electrons. The molecule has 0 aromatic heterocycles. The lowest BCUT2D eigenvalue weighted by Crippen LogP contribution is -2.36. The largest absolute Gasteiger partial charge is 0.497 e. The Hall–Kier alpha value is -1.18. The number of rotatable bonds is 4. The number of anilines is 1. The van der Waals surface area contributed by atoms with Crippen LogP contribution in [0.3, 0.4) is 0 Å². The molecule has 0 spiro atoms. The van der Waals surface area contributed by atoms with Crippen molar-refractivity contribution in [2.45, 2.75) is 39.8 Å². The molecule has 0 aliphatic rings. The van der Waals surface area contributed by atoms with Gasteiger partial charge in [-0.3, -0.25) is 0 Å². The summed E-state index contributed by atoms with van der Waals surface area (Å²) in [5.41, 5.74) is 1.25. The predicted molar refractivity (Wildman–Crippen MR) is 65.7 cm³/mol. The van der Waals surface area contributed by atoms with Crippen LogP contribution in [0.4, 0.5) is 5.69 Å². The summed E-state index contributed by atoms with van der Waals surface area (Å²) in [4.78, 5) is 2.39. The van der Waals surface area contributed by atoms with Gasteiger partial charge in [0.1, 0.15) is 5.75 Å². The van der Waals surface area contributed by atoms with Crippen LogP contribution in [-0.4, -0.2) is 19.2 Å². The van der Waals surface area contributed by atoms with Crippen molar-refractivity contribution in [2.75, 3.05) is 12.0 Å². The molecular weight excluding hydrogens is 186 g/mol. The van der Waals surface area contributed by atoms with Gasteiger partial charge >= 0.3 is 0 Å². The van der Waals surface area contributed by atoms with E-state index in [-0.39, 0.29) is 0 Å². The molecule has 15 heavy (non-hydrogen) atoms. The van der Waals surface area contributed by atoms with Gasteiger partial charge in [0.05, 0.1) is 7.11 Å². The topological polar surface area (TPSA) is 12.5 Å². The van der Waals surface area contributed by atoms with E-state index in [0.717, 1.165) is 5.75 Å². The zero-order valence-corrected chi connectivity index (χ0v) is 10.3. The first kappa shape index (κ1) is 11.9. The Kier molecular flexibility index (Phi) is 4.01. The number of nitrogens with zero attached hydrogens (tertiary/aromatic N) is 1. The first-order valence-corrected chi connectivity index (χ1v) is 5.48. The molecule has 2 heteroatoms. The van der Waals surface area contributed by atoms with E-state index < -0.39 is 0 Å². The van der Waals surface area contributed by atoms with Crippen LogP contribution in [0.15, 0.2) is 24.3 Å². The SMILES string of the molecule is COc1ccc(N(C(C)C)C(C)C)cc1. The predicted octanol–water partition coefficient (Wildman–Crippen LogP) is 3.32. The number of ether oxygens (including phenoxy) is 1. The van der Waals surface area contributed by atoms with Crippen molar-refractivity contribution in [2.24, 2.45) is 0 Å². The van der Waals surface area contributed by atoms with Gasteiger partial charge in [-0.05, 0) is 52.0 Å². The Morgan fingerprint density at radius 2 is 1.40 bits per heavy atom. The van der Waals surface area contributed by atoms with Crippen molar-refractivity contribution in [3.05, 3.63) is 24.3 Å². The number of benzene rings is 1. The summed E-state index contributed by atoms with van der Waals surface area (Å²) in [6.45, 7) is 8.85. The van der Waals surface area contributed by atoms with Crippen molar-refractivity contribution in [1.29, 1.82) is 0 Å². The molecule has 0 N–H and O–H groups in total. The summed E-state index contributed by atoms with van der Waals surface area (Å²) in [6, 6.07) is 9.26. The van der Waals surface area contributed by atoms with Crippen LogP contribution in [0, 0.1) is 0 Å². The lowest BCUT2D eigenvalue weighted by molar-refractivity contribution is 0.414. The van der Waals surface area contributed by atoms with Crippen LogP contribution in [0.5, 0.6) is 5.75 Å². The monoisotopic (exact) mass is 207 g/mol. The van der Waals surface area contributed by atoms with Crippen LogP contribution < -0.4 is 9.64 Å². The van der Waals surface area contributed by atoms with Gasteiger partial charge in [-0.1, -0.05) is 0 Å². The van der Waals surface area contributed by atoms with Gasteiger partial charge in [0.25, 0.3) is 0 Å². The molecule has 1 aromatic carbocycles. The van der Waals surface area contributed by atoms with Crippen LogP contribution >= 0.6 is 0 Å². The van der Waals surface area contributed by atoms with E-state index in [0.29, 0.717) is 12.1 Å². The van der Waals surface area contributed by atoms with Gasteiger partial charge in [-0.15, -0.1) is 0 Å². The molecule has 0 bridgehead atoms. The molecule has 1 rings (SSSR count). The fourth-order valence-electron chi connectivity index (χ4n) is 1.95. The number of hydrogen-bond donors (Lipinski definition) is 0. The second-order valence-corrected chi connectivity index (χ2v) is 4.29. The van der Waals surface area contributed by atoms with E-state index in [4.69, 9.17) is 4.74 Å². The maximum atomic E-state index is 5.15. The quantitative estimate of drug-likeness (QED) is 0.751. The highest BCUT2D eigenvalue weighted by Crippen LogP contribution is 2.22. The van der Waals surface area contributed by atoms with E-state index in [9.17, 15) is 0 Å². The Morgan fingerprint density at radius 1 is 0.933 bits per heavy atom. The molecule has 0 amide bonds. The summed E-state index contributed by atoms with van der Waals surface area (Å²) < 4.78 is 5.15. The zero-order valence-electron chi connectivity index (χ0n) is 10.3. The lowest BCUT2D eigenvalue weighted by Gasteiger charge is -2.33. The van der Waals surface area contributed by atoms with Crippen molar-refractivity contribution >= 4 is 5.69 Å². The summed E-state index contributed by atoms with van der Waals surface area (Å²) >= 11 is 0. The normalized spacial score (nSPS) is 10.9. The van der Waals surface area contributed by atoms with Gasteiger partial charge in [0.2, 0.25) is 0 Å². The molecule has 0 atom stereocenters. The highest BCUT2D eigenvalue weighted by atomic mass is 16.5. The fraction of sp³-hybridized carbons (Fsp3) is 0.538. The molecule has 0 heterocycles. The van der Waals surface area contributed by atoms with Gasteiger partial charge < -0.3 is 9.64 Å². The van der Waals surface area contributed by atoms with Gasteiger partial charge in [0, 0.05) is 17.8 Å². The molecule has 0 fully saturated rings. The highest BCUT2D eigenvalue weighted by Gasteiger charge is 2.13. The molecule has 84 valence electrons. The smallest absolute Gasteiger partial charge is 0.119 e. The molecule has 2 nitrogen and oxygen atoms in total. The Labute approximate surface area is 92.9 Å². The van der Waals surface area contributed by atoms with Crippen LogP contribution in [0.25, 0.3) is 0 Å². The molecule has 0 aliphatic heterocycles. The van der Waals surface area contributed by atoms with Crippen molar-refractivity contribution in [3.8, 4) is 5.75 Å². The molecule has 0 unspecified atom stereocenters. The third kappa shape index (κ3) is 2.88. The summed E-state index contributed by atoms with van der Waals surface area (Å²) in [7, 11) is 1.69. The third-order valence-corrected chi connectivity index (χ3v) is 2.48. The van der Waals surface area contributed by atoms with E-state index in [1.807, 2.05) is 12.1 Å². The maximum Gasteiger partial charge on any atom is 0.119 e. The van der Waals surface area contributed by atoms with Crippen LogP contribution in [0.2, 0.25) is 0 Å². The van der Waals surface area contributed by atoms with Crippen LogP contribution in [0.1, 0.15) is 27.7 Å². The standard InChI is InChI=1S/C13H21NO/c1-10(2)14(11(3)4)12-6-8-13(15-5)9-7-12/h6-11H,1-5H3. The first-order chi connectivity index (χ1) is 7.06. The third-order valence-electron chi connectivity index (χ3n) is 2.48. The second-order valence-electron chi connectivity index (χ2n) is 4.29. The van der Waals surface area contributed by atoms with Crippen molar-refractivity contribution < 1.29 is 4.74 Å². The molecule has 1 aromatic rings. The average Bonchev–Trinajstić information content (AvgIpc) is 2.18. The minimum Gasteiger partial charge on any atom is -0.497 e. The summed E-state index contributed by atoms with van der Waals surface area (Å²) in [6.07, 6.45) is 0. The first-order valence-electron chi connectivity index (χ1n) is 5.48. The molecule has 0 saturated heterocycles. The Morgan fingerprint density at radius 3 is 1.73 bits per heavy atom. The highest BCUT2D eigenvalue weighted by molar-refractivity contribution is 5.50. The van der Waals surface area contributed by atoms with E-state index in [2.05, 4.69) is 44.7 Å². The molecular formula is C13H21NO. The van der Waals surface area contributed by atoms with Crippen molar-refractivity contribution in [3.63, 3.8) is 0 Å². The van der Waals surface area contributed by atoms with Gasteiger partial charge in [0.15, 0.2) is 0 Å². The zero-order chi connectivity index (χ0) is 11.4. The van der Waals surface area contributed by atoms with E-state index >= 15 is 0 Å². The fourth-order valence-corrected chi connectivity index (χ4v) is 1.95. The minimum atomic E-state index is 0.512.